The van der Waals surface area contributed by atoms with E-state index in [-0.39, 0.29) is 18.6 Å². The predicted octanol–water partition coefficient (Wildman–Crippen LogP) is 4.30. The van der Waals surface area contributed by atoms with Crippen molar-refractivity contribution < 1.29 is 17.9 Å². The van der Waals surface area contributed by atoms with Crippen LogP contribution in [0.3, 0.4) is 0 Å². The number of benzene rings is 2. The first-order valence-corrected chi connectivity index (χ1v) is 12.3. The first-order chi connectivity index (χ1) is 14.3. The number of ether oxygens (including phenoxy) is 1. The maximum absolute atomic E-state index is 12.6. The monoisotopic (exact) mass is 466 g/mol. The maximum Gasteiger partial charge on any atom is 0.243 e. The Balaban J connectivity index is 1.97. The molecule has 1 unspecified atom stereocenters. The Morgan fingerprint density at radius 1 is 1.16 bits per heavy atom. The first kappa shape index (κ1) is 25.0. The number of carbonyl (C=O) groups excluding carboxylic acids is 1. The quantitative estimate of drug-likeness (QED) is 0.588. The van der Waals surface area contributed by atoms with Crippen molar-refractivity contribution in [2.75, 3.05) is 23.7 Å². The summed E-state index contributed by atoms with van der Waals surface area (Å²) in [6.45, 7) is 10.3. The third-order valence-electron chi connectivity index (χ3n) is 4.89. The zero-order chi connectivity index (χ0) is 23.4. The van der Waals surface area contributed by atoms with Gasteiger partial charge in [-0.2, -0.15) is 0 Å². The average Bonchev–Trinajstić information content (AvgIpc) is 2.66. The lowest BCUT2D eigenvalue weighted by molar-refractivity contribution is -0.121. The number of anilines is 1. The molecule has 6 nitrogen and oxygen atoms in total. The Labute approximate surface area is 190 Å². The Bertz CT molecular complexity index is 1010. The number of hydrogen-bond donors (Lipinski definition) is 1. The van der Waals surface area contributed by atoms with E-state index in [1.54, 1.807) is 18.2 Å². The predicted molar refractivity (Wildman–Crippen MR) is 127 cm³/mol. The highest BCUT2D eigenvalue weighted by atomic mass is 35.5. The molecule has 0 radical (unpaired) electrons. The van der Waals surface area contributed by atoms with Crippen molar-refractivity contribution in [2.24, 2.45) is 0 Å². The van der Waals surface area contributed by atoms with Crippen molar-refractivity contribution in [2.45, 2.75) is 46.1 Å². The Morgan fingerprint density at radius 2 is 1.77 bits per heavy atom. The lowest BCUT2D eigenvalue weighted by atomic mass is 9.87. The van der Waals surface area contributed by atoms with Crippen LogP contribution in [0.2, 0.25) is 5.02 Å². The lowest BCUT2D eigenvalue weighted by Crippen LogP contribution is -2.48. The molecule has 0 heterocycles. The molecular weight excluding hydrogens is 436 g/mol. The summed E-state index contributed by atoms with van der Waals surface area (Å²) in [4.78, 5) is 12.6. The second-order valence-corrected chi connectivity index (χ2v) is 10.8. The fourth-order valence-corrected chi connectivity index (χ4v) is 4.41. The van der Waals surface area contributed by atoms with Crippen LogP contribution in [-0.2, 0) is 20.2 Å². The van der Waals surface area contributed by atoms with E-state index >= 15 is 0 Å². The third-order valence-corrected chi connectivity index (χ3v) is 6.54. The van der Waals surface area contributed by atoms with Gasteiger partial charge in [-0.1, -0.05) is 50.6 Å². The topological polar surface area (TPSA) is 75.7 Å². The van der Waals surface area contributed by atoms with Crippen LogP contribution in [0.5, 0.6) is 5.75 Å². The van der Waals surface area contributed by atoms with Crippen LogP contribution in [0.4, 0.5) is 5.69 Å². The molecule has 0 fully saturated rings. The minimum absolute atomic E-state index is 0.0653. The summed E-state index contributed by atoms with van der Waals surface area (Å²) in [6, 6.07) is 11.8. The van der Waals surface area contributed by atoms with Gasteiger partial charge in [0.1, 0.15) is 18.4 Å². The summed E-state index contributed by atoms with van der Waals surface area (Å²) >= 11 is 6.15. The second-order valence-electron chi connectivity index (χ2n) is 8.58. The minimum atomic E-state index is -3.70. The van der Waals surface area contributed by atoms with Crippen molar-refractivity contribution in [1.82, 2.24) is 5.32 Å². The van der Waals surface area contributed by atoms with Gasteiger partial charge < -0.3 is 10.1 Å². The van der Waals surface area contributed by atoms with Gasteiger partial charge in [0.25, 0.3) is 0 Å². The molecule has 1 atom stereocenters. The third kappa shape index (κ3) is 6.87. The Morgan fingerprint density at radius 3 is 2.29 bits per heavy atom. The van der Waals surface area contributed by atoms with Gasteiger partial charge in [0.2, 0.25) is 15.9 Å². The van der Waals surface area contributed by atoms with Gasteiger partial charge >= 0.3 is 0 Å². The van der Waals surface area contributed by atoms with Gasteiger partial charge in [-0.3, -0.25) is 9.10 Å². The van der Waals surface area contributed by atoms with Crippen LogP contribution in [0.15, 0.2) is 42.5 Å². The number of hydrogen-bond acceptors (Lipinski definition) is 4. The summed E-state index contributed by atoms with van der Waals surface area (Å²) in [5.41, 5.74) is 2.44. The summed E-state index contributed by atoms with van der Waals surface area (Å²) in [5.74, 6) is 0.288. The van der Waals surface area contributed by atoms with E-state index in [9.17, 15) is 13.2 Å². The van der Waals surface area contributed by atoms with Crippen LogP contribution in [0, 0.1) is 6.92 Å². The van der Waals surface area contributed by atoms with Gasteiger partial charge in [-0.05, 0) is 54.7 Å². The fourth-order valence-electron chi connectivity index (χ4n) is 3.07. The average molecular weight is 467 g/mol. The Hall–Kier alpha value is -2.25. The van der Waals surface area contributed by atoms with E-state index < -0.39 is 22.0 Å². The van der Waals surface area contributed by atoms with E-state index in [0.29, 0.717) is 16.5 Å². The highest BCUT2D eigenvalue weighted by Gasteiger charge is 2.29. The molecule has 8 heteroatoms. The summed E-state index contributed by atoms with van der Waals surface area (Å²) in [7, 11) is -3.70. The maximum atomic E-state index is 12.6. The molecule has 0 bridgehead atoms. The molecule has 0 saturated carbocycles. The SMILES string of the molecule is Cc1ccc(N(C(C)C(=O)NCCOc2ccc(C(C)(C)C)cc2)S(C)(=O)=O)cc1Cl. The van der Waals surface area contributed by atoms with Crippen molar-refractivity contribution in [1.29, 1.82) is 0 Å². The molecule has 31 heavy (non-hydrogen) atoms. The van der Waals surface area contributed by atoms with Crippen LogP contribution >= 0.6 is 11.6 Å². The number of rotatable bonds is 8. The van der Waals surface area contributed by atoms with Crippen LogP contribution in [0.25, 0.3) is 0 Å². The second kappa shape index (κ2) is 9.92. The Kier molecular flexibility index (Phi) is 8.00. The van der Waals surface area contributed by atoms with E-state index in [0.717, 1.165) is 16.1 Å². The molecule has 170 valence electrons. The van der Waals surface area contributed by atoms with Crippen molar-refractivity contribution in [3.63, 3.8) is 0 Å². The van der Waals surface area contributed by atoms with Crippen LogP contribution in [-0.4, -0.2) is 39.8 Å². The molecule has 0 saturated heterocycles. The number of nitrogens with one attached hydrogen (secondary N) is 1. The zero-order valence-corrected chi connectivity index (χ0v) is 20.5. The van der Waals surface area contributed by atoms with E-state index in [1.807, 2.05) is 31.2 Å². The van der Waals surface area contributed by atoms with Crippen molar-refractivity contribution in [3.8, 4) is 5.75 Å². The van der Waals surface area contributed by atoms with Gasteiger partial charge in [0, 0.05) is 5.02 Å². The first-order valence-electron chi connectivity index (χ1n) is 10.1. The van der Waals surface area contributed by atoms with Gasteiger partial charge in [0.05, 0.1) is 18.5 Å². The summed E-state index contributed by atoms with van der Waals surface area (Å²) in [5, 5.41) is 3.17. The molecule has 1 N–H and O–H groups in total. The van der Waals surface area contributed by atoms with E-state index in [1.165, 1.54) is 12.5 Å². The molecule has 2 rings (SSSR count). The number of nitrogens with zero attached hydrogens (tertiary/aromatic N) is 1. The summed E-state index contributed by atoms with van der Waals surface area (Å²) < 4.78 is 31.5. The molecule has 0 aliphatic heterocycles. The number of carbonyl (C=O) groups is 1. The molecule has 1 amide bonds. The van der Waals surface area contributed by atoms with Crippen LogP contribution in [0.1, 0.15) is 38.8 Å². The van der Waals surface area contributed by atoms with Gasteiger partial charge in [0.15, 0.2) is 0 Å². The lowest BCUT2D eigenvalue weighted by Gasteiger charge is -2.28. The minimum Gasteiger partial charge on any atom is -0.492 e. The summed E-state index contributed by atoms with van der Waals surface area (Å²) in [6.07, 6.45) is 1.06. The molecule has 0 aliphatic carbocycles. The molecule has 0 spiro atoms. The highest BCUT2D eigenvalue weighted by Crippen LogP contribution is 2.27. The largest absolute Gasteiger partial charge is 0.492 e. The van der Waals surface area contributed by atoms with E-state index in [2.05, 4.69) is 26.1 Å². The molecule has 0 aromatic heterocycles. The highest BCUT2D eigenvalue weighted by molar-refractivity contribution is 7.92. The van der Waals surface area contributed by atoms with Crippen LogP contribution < -0.4 is 14.4 Å². The van der Waals surface area contributed by atoms with Gasteiger partial charge in [-0.25, -0.2) is 8.42 Å². The number of aryl methyl sites for hydroxylation is 1. The standard InChI is InChI=1S/C23H31ClN2O4S/c1-16-7-10-19(15-21(16)24)26(31(6,28)29)17(2)22(27)25-13-14-30-20-11-8-18(9-12-20)23(3,4)5/h7-12,15,17H,13-14H2,1-6H3,(H,25,27). The molecule has 2 aromatic carbocycles. The fraction of sp³-hybridized carbons (Fsp3) is 0.435. The number of amides is 1. The normalized spacial score (nSPS) is 12.9. The molecular formula is C23H31ClN2O4S. The smallest absolute Gasteiger partial charge is 0.243 e. The number of sulfonamides is 1. The van der Waals surface area contributed by atoms with E-state index in [4.69, 9.17) is 16.3 Å². The zero-order valence-electron chi connectivity index (χ0n) is 18.9. The van der Waals surface area contributed by atoms with Crippen molar-refractivity contribution >= 4 is 33.2 Å². The molecule has 0 aliphatic rings. The molecule has 2 aromatic rings. The van der Waals surface area contributed by atoms with Crippen molar-refractivity contribution in [3.05, 3.63) is 58.6 Å². The van der Waals surface area contributed by atoms with Gasteiger partial charge in [-0.15, -0.1) is 0 Å². The number of halogens is 1.